The predicted octanol–water partition coefficient (Wildman–Crippen LogP) is 4.04. The van der Waals surface area contributed by atoms with Crippen molar-refractivity contribution in [2.45, 2.75) is 31.8 Å². The standard InChI is InChI=1S/C12H15Cl2NO2S/c1-6(2)10(12(16)17)18-5-8-9(13)4-7(3)15-11(8)14/h4,6,10H,5H2,1-3H3,(H,16,17). The summed E-state index contributed by atoms with van der Waals surface area (Å²) in [5, 5.41) is 9.51. The Balaban J connectivity index is 2.83. The summed E-state index contributed by atoms with van der Waals surface area (Å²) in [6.45, 7) is 5.56. The van der Waals surface area contributed by atoms with Crippen LogP contribution < -0.4 is 0 Å². The predicted molar refractivity (Wildman–Crippen MR) is 76.6 cm³/mol. The number of nitrogens with zero attached hydrogens (tertiary/aromatic N) is 1. The number of carboxylic acid groups (broad SMARTS) is 1. The number of pyridine rings is 1. The third kappa shape index (κ3) is 4.04. The number of carbonyl (C=O) groups is 1. The Morgan fingerprint density at radius 1 is 1.50 bits per heavy atom. The third-order valence-electron chi connectivity index (χ3n) is 2.40. The van der Waals surface area contributed by atoms with Crippen LogP contribution in [0.4, 0.5) is 0 Å². The molecule has 1 N–H and O–H groups in total. The molecule has 0 radical (unpaired) electrons. The first-order valence-corrected chi connectivity index (χ1v) is 7.29. The number of aliphatic carboxylic acids is 1. The normalized spacial score (nSPS) is 12.8. The van der Waals surface area contributed by atoms with Crippen LogP contribution in [0.3, 0.4) is 0 Å². The van der Waals surface area contributed by atoms with Gasteiger partial charge in [-0.15, -0.1) is 11.8 Å². The Hall–Kier alpha value is -0.450. The van der Waals surface area contributed by atoms with Gasteiger partial charge in [0.1, 0.15) is 10.4 Å². The number of carboxylic acids is 1. The summed E-state index contributed by atoms with van der Waals surface area (Å²) in [6, 6.07) is 1.73. The fraction of sp³-hybridized carbons (Fsp3) is 0.500. The van der Waals surface area contributed by atoms with Gasteiger partial charge in [0.2, 0.25) is 0 Å². The first kappa shape index (κ1) is 15.6. The lowest BCUT2D eigenvalue weighted by Gasteiger charge is -2.16. The first-order valence-electron chi connectivity index (χ1n) is 5.48. The van der Waals surface area contributed by atoms with Gasteiger partial charge in [-0.1, -0.05) is 37.0 Å². The second-order valence-corrected chi connectivity index (χ2v) is 6.22. The van der Waals surface area contributed by atoms with Crippen LogP contribution in [0.5, 0.6) is 0 Å². The molecule has 0 amide bonds. The SMILES string of the molecule is Cc1cc(Cl)c(CSC(C(=O)O)C(C)C)c(Cl)n1. The molecule has 0 saturated heterocycles. The molecule has 3 nitrogen and oxygen atoms in total. The molecule has 1 atom stereocenters. The Bertz CT molecular complexity index is 429. The van der Waals surface area contributed by atoms with Crippen molar-refractivity contribution in [3.8, 4) is 0 Å². The van der Waals surface area contributed by atoms with E-state index in [0.717, 1.165) is 5.69 Å². The van der Waals surface area contributed by atoms with Crippen molar-refractivity contribution in [2.24, 2.45) is 5.92 Å². The molecule has 0 aromatic carbocycles. The number of rotatable bonds is 5. The monoisotopic (exact) mass is 307 g/mol. The zero-order valence-corrected chi connectivity index (χ0v) is 12.7. The van der Waals surface area contributed by atoms with Gasteiger partial charge in [0.15, 0.2) is 0 Å². The lowest BCUT2D eigenvalue weighted by Crippen LogP contribution is -2.22. The van der Waals surface area contributed by atoms with Crippen LogP contribution in [0.2, 0.25) is 10.2 Å². The minimum absolute atomic E-state index is 0.0449. The Morgan fingerprint density at radius 3 is 2.56 bits per heavy atom. The maximum atomic E-state index is 11.1. The molecule has 0 saturated carbocycles. The number of hydrogen-bond donors (Lipinski definition) is 1. The summed E-state index contributed by atoms with van der Waals surface area (Å²) in [6.07, 6.45) is 0. The molecule has 1 aromatic rings. The second kappa shape index (κ2) is 6.64. The highest BCUT2D eigenvalue weighted by Gasteiger charge is 2.23. The fourth-order valence-electron chi connectivity index (χ4n) is 1.47. The molecule has 0 aliphatic heterocycles. The molecule has 100 valence electrons. The summed E-state index contributed by atoms with van der Waals surface area (Å²) in [5.41, 5.74) is 1.44. The van der Waals surface area contributed by atoms with Gasteiger partial charge >= 0.3 is 5.97 Å². The van der Waals surface area contributed by atoms with E-state index in [0.29, 0.717) is 21.5 Å². The minimum Gasteiger partial charge on any atom is -0.480 e. The van der Waals surface area contributed by atoms with Gasteiger partial charge in [0.05, 0.1) is 0 Å². The molecule has 0 bridgehead atoms. The van der Waals surface area contributed by atoms with E-state index in [9.17, 15) is 4.79 Å². The number of thioether (sulfide) groups is 1. The molecule has 0 aliphatic rings. The summed E-state index contributed by atoms with van der Waals surface area (Å²) in [4.78, 5) is 15.2. The minimum atomic E-state index is -0.817. The lowest BCUT2D eigenvalue weighted by molar-refractivity contribution is -0.137. The van der Waals surface area contributed by atoms with E-state index in [4.69, 9.17) is 28.3 Å². The quantitative estimate of drug-likeness (QED) is 0.834. The van der Waals surface area contributed by atoms with E-state index in [2.05, 4.69) is 4.98 Å². The molecule has 1 rings (SSSR count). The zero-order valence-electron chi connectivity index (χ0n) is 10.4. The summed E-state index contributed by atoms with van der Waals surface area (Å²) in [7, 11) is 0. The molecule has 0 fully saturated rings. The van der Waals surface area contributed by atoms with Gasteiger partial charge in [-0.05, 0) is 18.9 Å². The molecule has 0 aliphatic carbocycles. The summed E-state index contributed by atoms with van der Waals surface area (Å²) in [5.74, 6) is -0.328. The van der Waals surface area contributed by atoms with Gasteiger partial charge in [0.25, 0.3) is 0 Å². The van der Waals surface area contributed by atoms with Crippen LogP contribution in [-0.2, 0) is 10.5 Å². The summed E-state index contributed by atoms with van der Waals surface area (Å²) >= 11 is 13.4. The Morgan fingerprint density at radius 2 is 2.11 bits per heavy atom. The van der Waals surface area contributed by atoms with Gasteiger partial charge in [-0.3, -0.25) is 4.79 Å². The average molecular weight is 308 g/mol. The summed E-state index contributed by atoms with van der Waals surface area (Å²) < 4.78 is 0. The molecule has 6 heteroatoms. The third-order valence-corrected chi connectivity index (χ3v) is 4.61. The van der Waals surface area contributed by atoms with Crippen LogP contribution in [0.25, 0.3) is 0 Å². The average Bonchev–Trinajstić information content (AvgIpc) is 2.20. The highest BCUT2D eigenvalue weighted by molar-refractivity contribution is 7.99. The maximum Gasteiger partial charge on any atom is 0.316 e. The molecule has 1 aromatic heterocycles. The molecule has 1 unspecified atom stereocenters. The van der Waals surface area contributed by atoms with Crippen LogP contribution in [0.15, 0.2) is 6.07 Å². The number of aromatic nitrogens is 1. The van der Waals surface area contributed by atoms with Crippen molar-refractivity contribution in [2.75, 3.05) is 0 Å². The van der Waals surface area contributed by atoms with E-state index in [1.165, 1.54) is 11.8 Å². The van der Waals surface area contributed by atoms with Crippen molar-refractivity contribution < 1.29 is 9.90 Å². The highest BCUT2D eigenvalue weighted by Crippen LogP contribution is 2.31. The van der Waals surface area contributed by atoms with Crippen LogP contribution in [0.1, 0.15) is 25.1 Å². The van der Waals surface area contributed by atoms with Crippen LogP contribution in [-0.4, -0.2) is 21.3 Å². The van der Waals surface area contributed by atoms with Gasteiger partial charge in [-0.2, -0.15) is 0 Å². The van der Waals surface area contributed by atoms with Gasteiger partial charge in [-0.25, -0.2) is 4.98 Å². The van der Waals surface area contributed by atoms with E-state index in [1.54, 1.807) is 6.07 Å². The van der Waals surface area contributed by atoms with Crippen molar-refractivity contribution in [1.82, 2.24) is 4.98 Å². The van der Waals surface area contributed by atoms with Gasteiger partial charge < -0.3 is 5.11 Å². The number of aryl methyl sites for hydroxylation is 1. The van der Waals surface area contributed by atoms with Gasteiger partial charge in [0, 0.05) is 22.0 Å². The second-order valence-electron chi connectivity index (χ2n) is 4.33. The van der Waals surface area contributed by atoms with E-state index < -0.39 is 11.2 Å². The van der Waals surface area contributed by atoms with Crippen molar-refractivity contribution >= 4 is 40.9 Å². The molecular formula is C12H15Cl2NO2S. The largest absolute Gasteiger partial charge is 0.480 e. The topological polar surface area (TPSA) is 50.2 Å². The molecular weight excluding hydrogens is 293 g/mol. The van der Waals surface area contributed by atoms with E-state index >= 15 is 0 Å². The molecule has 0 spiro atoms. The Kier molecular flexibility index (Phi) is 5.76. The molecule has 1 heterocycles. The van der Waals surface area contributed by atoms with Crippen molar-refractivity contribution in [3.63, 3.8) is 0 Å². The van der Waals surface area contributed by atoms with E-state index in [1.807, 2.05) is 20.8 Å². The lowest BCUT2D eigenvalue weighted by atomic mass is 10.1. The number of halogens is 2. The van der Waals surface area contributed by atoms with E-state index in [-0.39, 0.29) is 5.92 Å². The maximum absolute atomic E-state index is 11.1. The van der Waals surface area contributed by atoms with Crippen LogP contribution >= 0.6 is 35.0 Å². The van der Waals surface area contributed by atoms with Crippen LogP contribution in [0, 0.1) is 12.8 Å². The zero-order chi connectivity index (χ0) is 13.9. The highest BCUT2D eigenvalue weighted by atomic mass is 35.5. The van der Waals surface area contributed by atoms with Crippen molar-refractivity contribution in [1.29, 1.82) is 0 Å². The Labute approximate surface area is 121 Å². The fourth-order valence-corrected chi connectivity index (χ4v) is 3.46. The van der Waals surface area contributed by atoms with Crippen molar-refractivity contribution in [3.05, 3.63) is 27.5 Å². The molecule has 18 heavy (non-hydrogen) atoms. The number of hydrogen-bond acceptors (Lipinski definition) is 3. The first-order chi connectivity index (χ1) is 8.32. The smallest absolute Gasteiger partial charge is 0.316 e.